The van der Waals surface area contributed by atoms with Crippen molar-refractivity contribution in [2.45, 2.75) is 26.4 Å². The summed E-state index contributed by atoms with van der Waals surface area (Å²) in [6.07, 6.45) is -0.482. The molecule has 3 aromatic rings. The van der Waals surface area contributed by atoms with Gasteiger partial charge in [-0.15, -0.1) is 11.3 Å². The van der Waals surface area contributed by atoms with E-state index in [0.29, 0.717) is 17.1 Å². The Balaban J connectivity index is 1.50. The highest BCUT2D eigenvalue weighted by Crippen LogP contribution is 2.28. The van der Waals surface area contributed by atoms with Crippen molar-refractivity contribution in [1.82, 2.24) is 4.98 Å². The molecular weight excluding hydrogens is 360 g/mol. The second-order valence-electron chi connectivity index (χ2n) is 6.60. The van der Waals surface area contributed by atoms with Gasteiger partial charge in [-0.2, -0.15) is 0 Å². The number of thiazole rings is 1. The topological polar surface area (TPSA) is 68.3 Å². The molecule has 0 saturated heterocycles. The monoisotopic (exact) mass is 378 g/mol. The summed E-state index contributed by atoms with van der Waals surface area (Å²) in [6.45, 7) is 4.09. The Bertz CT molecular complexity index is 1040. The molecule has 27 heavy (non-hydrogen) atoms. The Morgan fingerprint density at radius 1 is 1.19 bits per heavy atom. The third kappa shape index (κ3) is 3.48. The van der Waals surface area contributed by atoms with Gasteiger partial charge < -0.3 is 4.74 Å². The molecule has 0 aliphatic carbocycles. The van der Waals surface area contributed by atoms with Crippen LogP contribution in [0.3, 0.4) is 0 Å². The van der Waals surface area contributed by atoms with Crippen LogP contribution in [0.5, 0.6) is 0 Å². The van der Waals surface area contributed by atoms with Gasteiger partial charge in [0.15, 0.2) is 11.2 Å². The first kappa shape index (κ1) is 17.4. The van der Waals surface area contributed by atoms with Crippen LogP contribution in [-0.2, 0) is 16.0 Å². The summed E-state index contributed by atoms with van der Waals surface area (Å²) < 4.78 is 5.30. The third-order valence-electron chi connectivity index (χ3n) is 4.58. The van der Waals surface area contributed by atoms with E-state index in [-0.39, 0.29) is 5.91 Å². The van der Waals surface area contributed by atoms with Gasteiger partial charge in [0.1, 0.15) is 0 Å². The maximum Gasteiger partial charge on any atom is 0.339 e. The highest BCUT2D eigenvalue weighted by atomic mass is 32.1. The van der Waals surface area contributed by atoms with E-state index in [1.807, 2.05) is 43.5 Å². The predicted molar refractivity (Wildman–Crippen MR) is 105 cm³/mol. The minimum atomic E-state index is -0.846. The number of ether oxygens (including phenoxy) is 1. The molecule has 1 N–H and O–H groups in total. The van der Waals surface area contributed by atoms with Crippen molar-refractivity contribution in [1.29, 1.82) is 0 Å². The molecular formula is C21H18N2O3S. The summed E-state index contributed by atoms with van der Waals surface area (Å²) in [5.41, 5.74) is 5.53. The Hall–Kier alpha value is -2.99. The lowest BCUT2D eigenvalue weighted by atomic mass is 9.98. The van der Waals surface area contributed by atoms with Crippen LogP contribution in [0.1, 0.15) is 27.0 Å². The lowest BCUT2D eigenvalue weighted by Gasteiger charge is -2.23. The van der Waals surface area contributed by atoms with E-state index in [1.165, 1.54) is 16.9 Å². The van der Waals surface area contributed by atoms with Gasteiger partial charge >= 0.3 is 5.97 Å². The van der Waals surface area contributed by atoms with Crippen LogP contribution >= 0.6 is 11.3 Å². The fourth-order valence-electron chi connectivity index (χ4n) is 3.22. The van der Waals surface area contributed by atoms with Crippen LogP contribution in [0, 0.1) is 13.8 Å². The van der Waals surface area contributed by atoms with Gasteiger partial charge in [0.05, 0.1) is 11.3 Å². The Morgan fingerprint density at radius 2 is 2.00 bits per heavy atom. The maximum atomic E-state index is 12.6. The number of amides is 1. The molecule has 1 aliphatic rings. The molecule has 2 aromatic carbocycles. The minimum absolute atomic E-state index is 0.362. The van der Waals surface area contributed by atoms with E-state index < -0.39 is 12.1 Å². The van der Waals surface area contributed by atoms with Crippen LogP contribution in [0.15, 0.2) is 47.8 Å². The molecule has 5 nitrogen and oxygen atoms in total. The van der Waals surface area contributed by atoms with Crippen molar-refractivity contribution in [2.75, 3.05) is 5.32 Å². The zero-order chi connectivity index (χ0) is 19.0. The number of benzene rings is 2. The van der Waals surface area contributed by atoms with Crippen molar-refractivity contribution in [3.63, 3.8) is 0 Å². The van der Waals surface area contributed by atoms with Crippen LogP contribution < -0.4 is 5.32 Å². The SMILES string of the molecule is Cc1ccc(-c2csc(NC(=O)C3Cc4ccccc4C(=O)O3)n2)c(C)c1. The number of fused-ring (bicyclic) bond motifs is 1. The molecule has 4 rings (SSSR count). The molecule has 136 valence electrons. The van der Waals surface area contributed by atoms with Gasteiger partial charge in [0.25, 0.3) is 5.91 Å². The molecule has 1 aliphatic heterocycles. The lowest BCUT2D eigenvalue weighted by molar-refractivity contribution is -0.125. The van der Waals surface area contributed by atoms with Crippen molar-refractivity contribution in [3.8, 4) is 11.3 Å². The van der Waals surface area contributed by atoms with Crippen LogP contribution in [0.4, 0.5) is 5.13 Å². The molecule has 1 aromatic heterocycles. The van der Waals surface area contributed by atoms with Gasteiger partial charge in [-0.1, -0.05) is 42.0 Å². The summed E-state index contributed by atoms with van der Waals surface area (Å²) >= 11 is 1.35. The molecule has 6 heteroatoms. The Labute approximate surface area is 161 Å². The summed E-state index contributed by atoms with van der Waals surface area (Å²) in [7, 11) is 0. The van der Waals surface area contributed by atoms with E-state index in [0.717, 1.165) is 22.4 Å². The molecule has 2 heterocycles. The van der Waals surface area contributed by atoms with E-state index in [9.17, 15) is 9.59 Å². The Kier molecular flexibility index (Phi) is 4.49. The van der Waals surface area contributed by atoms with Crippen LogP contribution in [0.2, 0.25) is 0 Å². The quantitative estimate of drug-likeness (QED) is 0.695. The zero-order valence-electron chi connectivity index (χ0n) is 15.0. The molecule has 0 saturated carbocycles. The molecule has 0 bridgehead atoms. The number of cyclic esters (lactones) is 1. The summed E-state index contributed by atoms with van der Waals surface area (Å²) in [5.74, 6) is -0.827. The average molecular weight is 378 g/mol. The number of nitrogens with one attached hydrogen (secondary N) is 1. The van der Waals surface area contributed by atoms with Crippen molar-refractivity contribution in [3.05, 3.63) is 70.1 Å². The molecule has 0 fully saturated rings. The lowest BCUT2D eigenvalue weighted by Crippen LogP contribution is -2.37. The third-order valence-corrected chi connectivity index (χ3v) is 5.33. The molecule has 1 unspecified atom stereocenters. The maximum absolute atomic E-state index is 12.6. The average Bonchev–Trinajstić information content (AvgIpc) is 3.09. The number of hydrogen-bond acceptors (Lipinski definition) is 5. The standard InChI is InChI=1S/C21H18N2O3S/c1-12-7-8-15(13(2)9-12)17-11-27-21(22-17)23-19(24)18-10-14-5-3-4-6-16(14)20(25)26-18/h3-9,11,18H,10H2,1-2H3,(H,22,23,24). The highest BCUT2D eigenvalue weighted by Gasteiger charge is 2.31. The van der Waals surface area contributed by atoms with E-state index >= 15 is 0 Å². The van der Waals surface area contributed by atoms with Crippen molar-refractivity contribution in [2.24, 2.45) is 0 Å². The fourth-order valence-corrected chi connectivity index (χ4v) is 3.93. The first-order valence-electron chi connectivity index (χ1n) is 8.64. The number of hydrogen-bond donors (Lipinski definition) is 1. The van der Waals surface area contributed by atoms with E-state index in [4.69, 9.17) is 4.74 Å². The second kappa shape index (κ2) is 6.96. The second-order valence-corrected chi connectivity index (χ2v) is 7.46. The number of esters is 1. The summed E-state index contributed by atoms with van der Waals surface area (Å²) in [5, 5.41) is 5.18. The number of rotatable bonds is 3. The zero-order valence-corrected chi connectivity index (χ0v) is 15.8. The fraction of sp³-hybridized carbons (Fsp3) is 0.190. The normalized spacial score (nSPS) is 15.8. The molecule has 1 atom stereocenters. The van der Waals surface area contributed by atoms with Gasteiger partial charge in [0, 0.05) is 17.4 Å². The van der Waals surface area contributed by atoms with E-state index in [1.54, 1.807) is 12.1 Å². The molecule has 0 spiro atoms. The van der Waals surface area contributed by atoms with Crippen LogP contribution in [0.25, 0.3) is 11.3 Å². The van der Waals surface area contributed by atoms with Gasteiger partial charge in [-0.25, -0.2) is 9.78 Å². The highest BCUT2D eigenvalue weighted by molar-refractivity contribution is 7.14. The Morgan fingerprint density at radius 3 is 2.81 bits per heavy atom. The first-order chi connectivity index (χ1) is 13.0. The van der Waals surface area contributed by atoms with Gasteiger partial charge in [-0.3, -0.25) is 10.1 Å². The first-order valence-corrected chi connectivity index (χ1v) is 9.52. The summed E-state index contributed by atoms with van der Waals surface area (Å²) in [6, 6.07) is 13.4. The van der Waals surface area contributed by atoms with Crippen molar-refractivity contribution < 1.29 is 14.3 Å². The summed E-state index contributed by atoms with van der Waals surface area (Å²) in [4.78, 5) is 29.2. The van der Waals surface area contributed by atoms with E-state index in [2.05, 4.69) is 16.4 Å². The minimum Gasteiger partial charge on any atom is -0.448 e. The molecule has 1 amide bonds. The largest absolute Gasteiger partial charge is 0.448 e. The number of anilines is 1. The smallest absolute Gasteiger partial charge is 0.339 e. The van der Waals surface area contributed by atoms with Crippen LogP contribution in [-0.4, -0.2) is 23.0 Å². The number of aromatic nitrogens is 1. The predicted octanol–water partition coefficient (Wildman–Crippen LogP) is 4.15. The van der Waals surface area contributed by atoms with Gasteiger partial charge in [0.2, 0.25) is 0 Å². The number of carbonyl (C=O) groups is 2. The van der Waals surface area contributed by atoms with Gasteiger partial charge in [-0.05, 0) is 31.0 Å². The number of aryl methyl sites for hydroxylation is 2. The van der Waals surface area contributed by atoms with Crippen molar-refractivity contribution >= 4 is 28.3 Å². The molecule has 0 radical (unpaired) electrons. The number of carbonyl (C=O) groups excluding carboxylic acids is 2. The number of nitrogens with zero attached hydrogens (tertiary/aromatic N) is 1.